The van der Waals surface area contributed by atoms with Crippen LogP contribution in [0.4, 0.5) is 0 Å². The maximum Gasteiger partial charge on any atom is 0.119 e. The van der Waals surface area contributed by atoms with Crippen molar-refractivity contribution in [3.8, 4) is 5.75 Å². The second kappa shape index (κ2) is 6.03. The molecule has 0 aliphatic rings. The lowest BCUT2D eigenvalue weighted by Gasteiger charge is -2.06. The molecule has 1 heterocycles. The smallest absolute Gasteiger partial charge is 0.119 e. The van der Waals surface area contributed by atoms with Crippen molar-refractivity contribution in [1.29, 1.82) is 0 Å². The van der Waals surface area contributed by atoms with E-state index in [0.29, 0.717) is 0 Å². The number of hydrogen-bond donors (Lipinski definition) is 1. The molecule has 0 aliphatic carbocycles. The zero-order chi connectivity index (χ0) is 13.8. The molecule has 0 saturated carbocycles. The van der Waals surface area contributed by atoms with Crippen molar-refractivity contribution in [2.45, 2.75) is 13.1 Å². The topological polar surface area (TPSA) is 34.1 Å². The molecule has 0 aliphatic heterocycles. The minimum Gasteiger partial charge on any atom is -0.497 e. The Kier molecular flexibility index (Phi) is 3.95. The summed E-state index contributed by atoms with van der Waals surface area (Å²) in [5.74, 6) is 0.897. The summed E-state index contributed by atoms with van der Waals surface area (Å²) in [6, 6.07) is 12.7. The van der Waals surface area contributed by atoms with Gasteiger partial charge < -0.3 is 10.1 Å². The van der Waals surface area contributed by atoms with Gasteiger partial charge >= 0.3 is 0 Å². The second-order valence-electron chi connectivity index (χ2n) is 4.62. The molecule has 0 fully saturated rings. The van der Waals surface area contributed by atoms with E-state index in [0.717, 1.165) is 18.8 Å². The Balaban J connectivity index is 1.69. The highest BCUT2D eigenvalue weighted by molar-refractivity contribution is 7.09. The van der Waals surface area contributed by atoms with Crippen LogP contribution < -0.4 is 10.1 Å². The van der Waals surface area contributed by atoms with Gasteiger partial charge in [-0.05, 0) is 34.5 Å². The minimum atomic E-state index is 0.861. The van der Waals surface area contributed by atoms with E-state index in [1.807, 2.05) is 17.8 Å². The summed E-state index contributed by atoms with van der Waals surface area (Å²) in [6.45, 7) is 1.73. The Morgan fingerprint density at radius 1 is 1.10 bits per heavy atom. The molecule has 0 bridgehead atoms. The van der Waals surface area contributed by atoms with Crippen LogP contribution in [0, 0.1) is 0 Å². The second-order valence-corrected chi connectivity index (χ2v) is 5.59. The maximum absolute atomic E-state index is 5.24. The van der Waals surface area contributed by atoms with Crippen molar-refractivity contribution >= 4 is 22.1 Å². The molecular formula is C16H16N2OS. The first-order chi connectivity index (χ1) is 9.85. The number of rotatable bonds is 5. The average Bonchev–Trinajstić information content (AvgIpc) is 3.00. The highest BCUT2D eigenvalue weighted by atomic mass is 32.1. The Labute approximate surface area is 122 Å². The van der Waals surface area contributed by atoms with Crippen molar-refractivity contribution in [1.82, 2.24) is 10.3 Å². The number of hydrogen-bond acceptors (Lipinski definition) is 4. The molecule has 0 atom stereocenters. The van der Waals surface area contributed by atoms with Crippen molar-refractivity contribution in [3.05, 3.63) is 58.5 Å². The molecule has 0 amide bonds. The molecule has 0 spiro atoms. The van der Waals surface area contributed by atoms with Gasteiger partial charge in [0.25, 0.3) is 0 Å². The number of thiazole rings is 1. The minimum absolute atomic E-state index is 0.861. The normalized spacial score (nSPS) is 10.8. The quantitative estimate of drug-likeness (QED) is 0.777. The number of nitrogens with one attached hydrogen (secondary N) is 1. The van der Waals surface area contributed by atoms with E-state index in [1.54, 1.807) is 18.4 Å². The van der Waals surface area contributed by atoms with Gasteiger partial charge in [-0.1, -0.05) is 18.2 Å². The van der Waals surface area contributed by atoms with Gasteiger partial charge in [0, 0.05) is 24.2 Å². The molecule has 20 heavy (non-hydrogen) atoms. The third-order valence-electron chi connectivity index (χ3n) is 3.22. The monoisotopic (exact) mass is 284 g/mol. The molecule has 1 N–H and O–H groups in total. The van der Waals surface area contributed by atoms with Gasteiger partial charge in [0.1, 0.15) is 5.75 Å². The zero-order valence-electron chi connectivity index (χ0n) is 11.3. The molecule has 102 valence electrons. The highest BCUT2D eigenvalue weighted by Gasteiger charge is 2.00. The van der Waals surface area contributed by atoms with E-state index in [-0.39, 0.29) is 0 Å². The lowest BCUT2D eigenvalue weighted by molar-refractivity contribution is 0.415. The Morgan fingerprint density at radius 2 is 1.95 bits per heavy atom. The van der Waals surface area contributed by atoms with Gasteiger partial charge in [0.05, 0.1) is 12.6 Å². The molecule has 0 unspecified atom stereocenters. The molecule has 2 aromatic carbocycles. The molecule has 1 aromatic heterocycles. The van der Waals surface area contributed by atoms with E-state index < -0.39 is 0 Å². The van der Waals surface area contributed by atoms with Crippen LogP contribution in [0.5, 0.6) is 5.75 Å². The fourth-order valence-electron chi connectivity index (χ4n) is 2.17. The first kappa shape index (κ1) is 13.1. The van der Waals surface area contributed by atoms with Crippen molar-refractivity contribution < 1.29 is 4.74 Å². The number of nitrogens with zero attached hydrogens (tertiary/aromatic N) is 1. The first-order valence-electron chi connectivity index (χ1n) is 6.50. The molecular weight excluding hydrogens is 268 g/mol. The predicted molar refractivity (Wildman–Crippen MR) is 83.2 cm³/mol. The van der Waals surface area contributed by atoms with E-state index >= 15 is 0 Å². The summed E-state index contributed by atoms with van der Waals surface area (Å²) in [6.07, 6.45) is 1.91. The summed E-state index contributed by atoms with van der Waals surface area (Å²) >= 11 is 1.68. The Morgan fingerprint density at radius 3 is 2.75 bits per heavy atom. The summed E-state index contributed by atoms with van der Waals surface area (Å²) in [5.41, 5.74) is 3.15. The van der Waals surface area contributed by atoms with Gasteiger partial charge in [-0.3, -0.25) is 4.98 Å². The van der Waals surface area contributed by atoms with Crippen LogP contribution in [0.3, 0.4) is 0 Å². The van der Waals surface area contributed by atoms with Crippen LogP contribution in [0.1, 0.15) is 10.4 Å². The van der Waals surface area contributed by atoms with Crippen LogP contribution in [-0.4, -0.2) is 12.1 Å². The van der Waals surface area contributed by atoms with E-state index in [9.17, 15) is 0 Å². The number of benzene rings is 2. The van der Waals surface area contributed by atoms with E-state index in [2.05, 4.69) is 40.6 Å². The summed E-state index contributed by atoms with van der Waals surface area (Å²) in [7, 11) is 1.69. The SMILES string of the molecule is COc1ccc2cc(CNCc3cncs3)ccc2c1. The van der Waals surface area contributed by atoms with Gasteiger partial charge in [-0.2, -0.15) is 0 Å². The van der Waals surface area contributed by atoms with Gasteiger partial charge in [0.15, 0.2) is 0 Å². The lowest BCUT2D eigenvalue weighted by atomic mass is 10.1. The number of methoxy groups -OCH3 is 1. The fraction of sp³-hybridized carbons (Fsp3) is 0.188. The third-order valence-corrected chi connectivity index (χ3v) is 4.00. The Bertz CT molecular complexity index is 695. The van der Waals surface area contributed by atoms with Crippen LogP contribution in [0.2, 0.25) is 0 Å². The van der Waals surface area contributed by atoms with Crippen LogP contribution in [0.15, 0.2) is 48.1 Å². The predicted octanol–water partition coefficient (Wildman–Crippen LogP) is 3.59. The molecule has 0 saturated heterocycles. The summed E-state index contributed by atoms with van der Waals surface area (Å²) in [4.78, 5) is 5.33. The standard InChI is InChI=1S/C16H16N2OS/c1-19-15-5-4-13-6-12(2-3-14(13)7-15)8-17-9-16-10-18-11-20-16/h2-7,10-11,17H,8-9H2,1H3. The zero-order valence-corrected chi connectivity index (χ0v) is 12.1. The average molecular weight is 284 g/mol. The molecule has 4 heteroatoms. The lowest BCUT2D eigenvalue weighted by Crippen LogP contribution is -2.11. The Hall–Kier alpha value is -1.91. The van der Waals surface area contributed by atoms with Crippen LogP contribution in [0.25, 0.3) is 10.8 Å². The number of aromatic nitrogens is 1. The van der Waals surface area contributed by atoms with Gasteiger partial charge in [0.2, 0.25) is 0 Å². The van der Waals surface area contributed by atoms with Crippen molar-refractivity contribution in [2.24, 2.45) is 0 Å². The van der Waals surface area contributed by atoms with Crippen LogP contribution in [-0.2, 0) is 13.1 Å². The summed E-state index contributed by atoms with van der Waals surface area (Å²) < 4.78 is 5.24. The number of fused-ring (bicyclic) bond motifs is 1. The van der Waals surface area contributed by atoms with Crippen molar-refractivity contribution in [2.75, 3.05) is 7.11 Å². The van der Waals surface area contributed by atoms with Crippen molar-refractivity contribution in [3.63, 3.8) is 0 Å². The molecule has 3 rings (SSSR count). The maximum atomic E-state index is 5.24. The third kappa shape index (κ3) is 2.98. The fourth-order valence-corrected chi connectivity index (χ4v) is 2.73. The molecule has 0 radical (unpaired) electrons. The molecule has 3 nitrogen and oxygen atoms in total. The number of ether oxygens (including phenoxy) is 1. The van der Waals surface area contributed by atoms with E-state index in [1.165, 1.54) is 21.2 Å². The van der Waals surface area contributed by atoms with Gasteiger partial charge in [-0.25, -0.2) is 0 Å². The van der Waals surface area contributed by atoms with Crippen LogP contribution >= 0.6 is 11.3 Å². The largest absolute Gasteiger partial charge is 0.497 e. The van der Waals surface area contributed by atoms with E-state index in [4.69, 9.17) is 4.74 Å². The highest BCUT2D eigenvalue weighted by Crippen LogP contribution is 2.21. The molecule has 3 aromatic rings. The summed E-state index contributed by atoms with van der Waals surface area (Å²) in [5, 5.41) is 5.88. The first-order valence-corrected chi connectivity index (χ1v) is 7.38. The van der Waals surface area contributed by atoms with Gasteiger partial charge in [-0.15, -0.1) is 11.3 Å².